The molecule has 9 heteroatoms. The fraction of sp³-hybridized carbons (Fsp3) is 0.500. The van der Waals surface area contributed by atoms with Crippen LogP contribution in [-0.4, -0.2) is 58.5 Å². The lowest BCUT2D eigenvalue weighted by Gasteiger charge is -2.19. The Kier molecular flexibility index (Phi) is 5.27. The van der Waals surface area contributed by atoms with Gasteiger partial charge in [-0.15, -0.1) is 5.10 Å². The van der Waals surface area contributed by atoms with Gasteiger partial charge in [-0.25, -0.2) is 4.79 Å². The van der Waals surface area contributed by atoms with Crippen molar-refractivity contribution in [2.75, 3.05) is 27.2 Å². The minimum absolute atomic E-state index is 0.142. The summed E-state index contributed by atoms with van der Waals surface area (Å²) in [7, 11) is 3.81. The summed E-state index contributed by atoms with van der Waals surface area (Å²) < 4.78 is 12.0. The van der Waals surface area contributed by atoms with Crippen molar-refractivity contribution in [2.24, 2.45) is 0 Å². The number of carbonyl (C=O) groups excluding carboxylic acids is 1. The first-order valence-corrected chi connectivity index (χ1v) is 7.76. The van der Waals surface area contributed by atoms with Crippen molar-refractivity contribution in [3.05, 3.63) is 28.3 Å². The molecule has 0 spiro atoms. The van der Waals surface area contributed by atoms with E-state index in [2.05, 4.69) is 5.10 Å². The van der Waals surface area contributed by atoms with Crippen molar-refractivity contribution in [3.63, 3.8) is 0 Å². The quantitative estimate of drug-likeness (QED) is 0.603. The van der Waals surface area contributed by atoms with E-state index in [1.165, 1.54) is 18.2 Å². The number of carbonyl (C=O) groups is 1. The van der Waals surface area contributed by atoms with Gasteiger partial charge in [-0.1, -0.05) is 0 Å². The van der Waals surface area contributed by atoms with Gasteiger partial charge in [0, 0.05) is 18.7 Å². The molecule has 0 aliphatic rings. The molecule has 9 nitrogen and oxygen atoms in total. The van der Waals surface area contributed by atoms with Crippen LogP contribution >= 0.6 is 0 Å². The standard InChI is InChI=1S/C16H22N4O5/c1-16(2,3)25-15(21)19-13-10-11(20(22)23)6-7-12(13)14(17-19)24-9-8-18(4)5/h6-7,10H,8-9H2,1-5H3. The molecule has 1 aromatic heterocycles. The number of nitro groups is 1. The molecule has 1 aromatic carbocycles. The molecule has 0 aliphatic heterocycles. The summed E-state index contributed by atoms with van der Waals surface area (Å²) >= 11 is 0. The van der Waals surface area contributed by atoms with E-state index in [1.54, 1.807) is 20.8 Å². The van der Waals surface area contributed by atoms with Crippen molar-refractivity contribution in [2.45, 2.75) is 26.4 Å². The van der Waals surface area contributed by atoms with E-state index in [-0.39, 0.29) is 17.1 Å². The summed E-state index contributed by atoms with van der Waals surface area (Å²) in [4.78, 5) is 24.8. The molecule has 0 saturated carbocycles. The number of nitrogens with zero attached hydrogens (tertiary/aromatic N) is 4. The lowest BCUT2D eigenvalue weighted by atomic mass is 10.2. The molecule has 136 valence electrons. The van der Waals surface area contributed by atoms with E-state index < -0.39 is 16.6 Å². The van der Waals surface area contributed by atoms with Crippen LogP contribution < -0.4 is 4.74 Å². The maximum absolute atomic E-state index is 12.4. The number of likely N-dealkylation sites (N-methyl/N-ethyl adjacent to an activating group) is 1. The van der Waals surface area contributed by atoms with E-state index in [1.807, 2.05) is 19.0 Å². The van der Waals surface area contributed by atoms with E-state index in [0.717, 1.165) is 4.68 Å². The molecular weight excluding hydrogens is 328 g/mol. The summed E-state index contributed by atoms with van der Waals surface area (Å²) in [6, 6.07) is 4.15. The van der Waals surface area contributed by atoms with Crippen molar-refractivity contribution in [3.8, 4) is 5.88 Å². The second-order valence-electron chi connectivity index (χ2n) is 6.81. The van der Waals surface area contributed by atoms with Gasteiger partial charge in [0.05, 0.1) is 15.8 Å². The molecule has 1 heterocycles. The highest BCUT2D eigenvalue weighted by Gasteiger charge is 2.24. The molecule has 0 amide bonds. The molecule has 0 radical (unpaired) electrons. The second kappa shape index (κ2) is 7.06. The van der Waals surface area contributed by atoms with Crippen LogP contribution in [0, 0.1) is 10.1 Å². The van der Waals surface area contributed by atoms with E-state index >= 15 is 0 Å². The smallest absolute Gasteiger partial charge is 0.435 e. The Morgan fingerprint density at radius 2 is 2.04 bits per heavy atom. The molecule has 0 N–H and O–H groups in total. The molecule has 2 aromatic rings. The average Bonchev–Trinajstić information content (AvgIpc) is 2.83. The maximum atomic E-state index is 12.4. The summed E-state index contributed by atoms with van der Waals surface area (Å²) in [6.07, 6.45) is -0.722. The van der Waals surface area contributed by atoms with Gasteiger partial charge in [-0.2, -0.15) is 4.68 Å². The van der Waals surface area contributed by atoms with Gasteiger partial charge in [0.15, 0.2) is 0 Å². The van der Waals surface area contributed by atoms with Gasteiger partial charge >= 0.3 is 6.09 Å². The molecule has 0 bridgehead atoms. The second-order valence-corrected chi connectivity index (χ2v) is 6.81. The predicted octanol–water partition coefficient (Wildman–Crippen LogP) is 2.67. The van der Waals surface area contributed by atoms with E-state index in [4.69, 9.17) is 9.47 Å². The third-order valence-electron chi connectivity index (χ3n) is 3.19. The van der Waals surface area contributed by atoms with Gasteiger partial charge in [-0.05, 0) is 40.9 Å². The van der Waals surface area contributed by atoms with Crippen LogP contribution in [0.15, 0.2) is 18.2 Å². The van der Waals surface area contributed by atoms with Crippen LogP contribution in [0.5, 0.6) is 5.88 Å². The normalized spacial score (nSPS) is 11.8. The highest BCUT2D eigenvalue weighted by molar-refractivity contribution is 5.92. The largest absolute Gasteiger partial charge is 0.475 e. The third-order valence-corrected chi connectivity index (χ3v) is 3.19. The number of aromatic nitrogens is 2. The first-order valence-electron chi connectivity index (χ1n) is 7.76. The van der Waals surface area contributed by atoms with Crippen LogP contribution in [0.25, 0.3) is 10.9 Å². The first kappa shape index (κ1) is 18.7. The van der Waals surface area contributed by atoms with Crippen molar-refractivity contribution in [1.82, 2.24) is 14.7 Å². The van der Waals surface area contributed by atoms with E-state index in [9.17, 15) is 14.9 Å². The Hall–Kier alpha value is -2.68. The number of hydrogen-bond acceptors (Lipinski definition) is 7. The molecule has 0 saturated heterocycles. The number of hydrogen-bond donors (Lipinski definition) is 0. The minimum Gasteiger partial charge on any atom is -0.475 e. The molecule has 0 fully saturated rings. The van der Waals surface area contributed by atoms with Crippen LogP contribution in [-0.2, 0) is 4.74 Å². The molecule has 0 unspecified atom stereocenters. The molecule has 2 rings (SSSR count). The van der Waals surface area contributed by atoms with Gasteiger partial charge < -0.3 is 14.4 Å². The number of fused-ring (bicyclic) bond motifs is 1. The summed E-state index contributed by atoms with van der Waals surface area (Å²) in [6.45, 7) is 6.22. The van der Waals surface area contributed by atoms with Gasteiger partial charge in [0.1, 0.15) is 12.2 Å². The van der Waals surface area contributed by atoms with Crippen LogP contribution in [0.4, 0.5) is 10.5 Å². The molecule has 0 aliphatic carbocycles. The fourth-order valence-electron chi connectivity index (χ4n) is 2.06. The number of rotatable bonds is 5. The zero-order valence-electron chi connectivity index (χ0n) is 15.0. The van der Waals surface area contributed by atoms with Crippen molar-refractivity contribution < 1.29 is 19.2 Å². The van der Waals surface area contributed by atoms with Gasteiger partial charge in [0.2, 0.25) is 5.88 Å². The highest BCUT2D eigenvalue weighted by atomic mass is 16.6. The number of nitro benzene ring substituents is 1. The van der Waals surface area contributed by atoms with E-state index in [0.29, 0.717) is 18.5 Å². The molecule has 0 atom stereocenters. The van der Waals surface area contributed by atoms with Crippen molar-refractivity contribution in [1.29, 1.82) is 0 Å². The Labute approximate surface area is 145 Å². The SMILES string of the molecule is CN(C)CCOc1nn(C(=O)OC(C)(C)C)c2cc([N+](=O)[O-])ccc12. The van der Waals surface area contributed by atoms with Gasteiger partial charge in [-0.3, -0.25) is 10.1 Å². The van der Waals surface area contributed by atoms with Gasteiger partial charge in [0.25, 0.3) is 5.69 Å². The summed E-state index contributed by atoms with van der Waals surface area (Å²) in [5, 5.41) is 15.7. The summed E-state index contributed by atoms with van der Waals surface area (Å²) in [5.74, 6) is 0.234. The maximum Gasteiger partial charge on any atom is 0.435 e. The third kappa shape index (κ3) is 4.66. The zero-order valence-corrected chi connectivity index (χ0v) is 15.0. The molecular formula is C16H22N4O5. The first-order chi connectivity index (χ1) is 11.6. The summed E-state index contributed by atoms with van der Waals surface area (Å²) in [5.41, 5.74) is -0.595. The lowest BCUT2D eigenvalue weighted by molar-refractivity contribution is -0.384. The number of benzene rings is 1. The predicted molar refractivity (Wildman–Crippen MR) is 92.1 cm³/mol. The van der Waals surface area contributed by atoms with Crippen LogP contribution in [0.1, 0.15) is 20.8 Å². The lowest BCUT2D eigenvalue weighted by Crippen LogP contribution is -2.27. The number of ether oxygens (including phenoxy) is 2. The van der Waals surface area contributed by atoms with Crippen LogP contribution in [0.2, 0.25) is 0 Å². The molecule has 25 heavy (non-hydrogen) atoms. The van der Waals surface area contributed by atoms with Crippen molar-refractivity contribution >= 4 is 22.7 Å². The van der Waals surface area contributed by atoms with Crippen LogP contribution in [0.3, 0.4) is 0 Å². The topological polar surface area (TPSA) is 99.7 Å². The Bertz CT molecular complexity index is 792. The monoisotopic (exact) mass is 350 g/mol. The Morgan fingerprint density at radius 1 is 1.36 bits per heavy atom. The Balaban J connectivity index is 2.45. The Morgan fingerprint density at radius 3 is 2.60 bits per heavy atom. The minimum atomic E-state index is -0.722. The number of non-ortho nitro benzene ring substituents is 1. The highest BCUT2D eigenvalue weighted by Crippen LogP contribution is 2.29. The fourth-order valence-corrected chi connectivity index (χ4v) is 2.06. The average molecular weight is 350 g/mol. The zero-order chi connectivity index (χ0) is 18.8.